The maximum Gasteiger partial charge on any atom is 0.119 e. The van der Waals surface area contributed by atoms with Crippen LogP contribution < -0.4 is 10.1 Å². The first-order chi connectivity index (χ1) is 7.80. The summed E-state index contributed by atoms with van der Waals surface area (Å²) in [7, 11) is 1.64. The van der Waals surface area contributed by atoms with Gasteiger partial charge in [0.2, 0.25) is 0 Å². The Hall–Kier alpha value is -1.34. The fourth-order valence-corrected chi connectivity index (χ4v) is 1.76. The molecular formula is C12H16N2OS. The summed E-state index contributed by atoms with van der Waals surface area (Å²) in [6, 6.07) is 9.73. The molecule has 0 aliphatic heterocycles. The van der Waals surface area contributed by atoms with Crippen molar-refractivity contribution < 1.29 is 4.74 Å². The molecule has 0 spiro atoms. The Morgan fingerprint density at radius 2 is 2.12 bits per heavy atom. The minimum Gasteiger partial charge on any atom is -0.497 e. The predicted octanol–water partition coefficient (Wildman–Crippen LogP) is 2.75. The highest BCUT2D eigenvalue weighted by atomic mass is 32.2. The first-order valence-electron chi connectivity index (χ1n) is 5.09. The van der Waals surface area contributed by atoms with Crippen LogP contribution in [-0.2, 0) is 0 Å². The monoisotopic (exact) mass is 236 g/mol. The SMILES string of the molecule is COc1ccc(NC(C#N)CCSC)cc1. The van der Waals surface area contributed by atoms with E-state index in [0.29, 0.717) is 0 Å². The zero-order chi connectivity index (χ0) is 11.8. The third-order valence-corrected chi connectivity index (χ3v) is 2.84. The zero-order valence-corrected chi connectivity index (χ0v) is 10.4. The lowest BCUT2D eigenvalue weighted by Crippen LogP contribution is -2.17. The second-order valence-electron chi connectivity index (χ2n) is 3.34. The van der Waals surface area contributed by atoms with Crippen molar-refractivity contribution >= 4 is 17.4 Å². The molecule has 0 aliphatic rings. The molecule has 0 heterocycles. The highest BCUT2D eigenvalue weighted by Crippen LogP contribution is 2.16. The van der Waals surface area contributed by atoms with E-state index >= 15 is 0 Å². The van der Waals surface area contributed by atoms with Crippen LogP contribution in [0.2, 0.25) is 0 Å². The Kier molecular flexibility index (Phi) is 5.58. The molecule has 1 atom stereocenters. The molecule has 0 amide bonds. The summed E-state index contributed by atoms with van der Waals surface area (Å²) >= 11 is 1.75. The van der Waals surface area contributed by atoms with Gasteiger partial charge in [0, 0.05) is 5.69 Å². The van der Waals surface area contributed by atoms with Gasteiger partial charge in [0.1, 0.15) is 11.8 Å². The van der Waals surface area contributed by atoms with Gasteiger partial charge < -0.3 is 10.1 Å². The van der Waals surface area contributed by atoms with Crippen LogP contribution in [0.4, 0.5) is 5.69 Å². The second-order valence-corrected chi connectivity index (χ2v) is 4.32. The number of anilines is 1. The molecule has 4 heteroatoms. The smallest absolute Gasteiger partial charge is 0.119 e. The van der Waals surface area contributed by atoms with Crippen LogP contribution >= 0.6 is 11.8 Å². The van der Waals surface area contributed by atoms with Gasteiger partial charge in [-0.2, -0.15) is 17.0 Å². The van der Waals surface area contributed by atoms with E-state index in [0.717, 1.165) is 23.6 Å². The summed E-state index contributed by atoms with van der Waals surface area (Å²) in [4.78, 5) is 0. The molecule has 86 valence electrons. The van der Waals surface area contributed by atoms with Gasteiger partial charge in [-0.25, -0.2) is 0 Å². The minimum atomic E-state index is -0.124. The van der Waals surface area contributed by atoms with Crippen LogP contribution in [0.3, 0.4) is 0 Å². The van der Waals surface area contributed by atoms with Crippen LogP contribution in [0.1, 0.15) is 6.42 Å². The number of thioether (sulfide) groups is 1. The van der Waals surface area contributed by atoms with Crippen molar-refractivity contribution in [3.63, 3.8) is 0 Å². The molecular weight excluding hydrogens is 220 g/mol. The molecule has 0 saturated carbocycles. The molecule has 1 rings (SSSR count). The maximum atomic E-state index is 8.97. The standard InChI is InChI=1S/C12H16N2OS/c1-15-12-5-3-10(4-6-12)14-11(9-13)7-8-16-2/h3-6,11,14H,7-8H2,1-2H3. The van der Waals surface area contributed by atoms with Crippen LogP contribution in [0.25, 0.3) is 0 Å². The first kappa shape index (κ1) is 12.7. The molecule has 0 radical (unpaired) electrons. The Labute approximate surface area is 101 Å². The van der Waals surface area contributed by atoms with Crippen LogP contribution in [0.5, 0.6) is 5.75 Å². The Morgan fingerprint density at radius 1 is 1.44 bits per heavy atom. The Bertz CT molecular complexity index is 345. The lowest BCUT2D eigenvalue weighted by Gasteiger charge is -2.12. The van der Waals surface area contributed by atoms with Crippen molar-refractivity contribution in [1.82, 2.24) is 0 Å². The largest absolute Gasteiger partial charge is 0.497 e. The molecule has 0 bridgehead atoms. The van der Waals surface area contributed by atoms with Gasteiger partial charge in [0.25, 0.3) is 0 Å². The molecule has 0 aromatic heterocycles. The van der Waals surface area contributed by atoms with E-state index in [-0.39, 0.29) is 6.04 Å². The Balaban J connectivity index is 2.53. The number of nitrogens with zero attached hydrogens (tertiary/aromatic N) is 1. The summed E-state index contributed by atoms with van der Waals surface area (Å²) in [5, 5.41) is 12.2. The number of methoxy groups -OCH3 is 1. The van der Waals surface area contributed by atoms with E-state index in [4.69, 9.17) is 10.00 Å². The summed E-state index contributed by atoms with van der Waals surface area (Å²) in [5.41, 5.74) is 0.952. The summed E-state index contributed by atoms with van der Waals surface area (Å²) in [6.45, 7) is 0. The molecule has 0 saturated heterocycles. The molecule has 1 aromatic rings. The van der Waals surface area contributed by atoms with Crippen molar-refractivity contribution in [2.75, 3.05) is 24.4 Å². The number of ether oxygens (including phenoxy) is 1. The molecule has 0 aliphatic carbocycles. The van der Waals surface area contributed by atoms with Crippen LogP contribution in [0.15, 0.2) is 24.3 Å². The number of hydrogen-bond donors (Lipinski definition) is 1. The summed E-state index contributed by atoms with van der Waals surface area (Å²) < 4.78 is 5.07. The van der Waals surface area contributed by atoms with E-state index in [9.17, 15) is 0 Å². The van der Waals surface area contributed by atoms with Crippen LogP contribution in [-0.4, -0.2) is 25.2 Å². The van der Waals surface area contributed by atoms with E-state index in [1.807, 2.05) is 30.5 Å². The average molecular weight is 236 g/mol. The van der Waals surface area contributed by atoms with E-state index in [2.05, 4.69) is 11.4 Å². The van der Waals surface area contributed by atoms with Gasteiger partial charge >= 0.3 is 0 Å². The fourth-order valence-electron chi connectivity index (χ4n) is 1.29. The van der Waals surface area contributed by atoms with E-state index in [1.54, 1.807) is 18.9 Å². The highest BCUT2D eigenvalue weighted by Gasteiger charge is 2.06. The van der Waals surface area contributed by atoms with Crippen LogP contribution in [0, 0.1) is 11.3 Å². The van der Waals surface area contributed by atoms with E-state index in [1.165, 1.54) is 0 Å². The van der Waals surface area contributed by atoms with Crippen molar-refractivity contribution in [2.45, 2.75) is 12.5 Å². The number of hydrogen-bond acceptors (Lipinski definition) is 4. The van der Waals surface area contributed by atoms with Gasteiger partial charge in [0.05, 0.1) is 13.2 Å². The van der Waals surface area contributed by atoms with Gasteiger partial charge in [-0.1, -0.05) is 0 Å². The minimum absolute atomic E-state index is 0.124. The van der Waals surface area contributed by atoms with Gasteiger partial charge in [0.15, 0.2) is 0 Å². The maximum absolute atomic E-state index is 8.97. The molecule has 3 nitrogen and oxygen atoms in total. The number of nitrogens with one attached hydrogen (secondary N) is 1. The third kappa shape index (κ3) is 4.03. The molecule has 1 N–H and O–H groups in total. The number of nitriles is 1. The van der Waals surface area contributed by atoms with Crippen molar-refractivity contribution in [3.05, 3.63) is 24.3 Å². The van der Waals surface area contributed by atoms with Gasteiger partial charge in [-0.05, 0) is 42.7 Å². The predicted molar refractivity (Wildman–Crippen MR) is 69.0 cm³/mol. The first-order valence-corrected chi connectivity index (χ1v) is 6.48. The number of rotatable bonds is 6. The van der Waals surface area contributed by atoms with Gasteiger partial charge in [-0.15, -0.1) is 0 Å². The topological polar surface area (TPSA) is 45.0 Å². The second kappa shape index (κ2) is 7.02. The lowest BCUT2D eigenvalue weighted by molar-refractivity contribution is 0.415. The molecule has 0 fully saturated rings. The average Bonchev–Trinajstić information content (AvgIpc) is 2.35. The molecule has 1 unspecified atom stereocenters. The summed E-state index contributed by atoms with van der Waals surface area (Å²) in [5.74, 6) is 1.81. The Morgan fingerprint density at radius 3 is 2.62 bits per heavy atom. The highest BCUT2D eigenvalue weighted by molar-refractivity contribution is 7.98. The van der Waals surface area contributed by atoms with Crippen molar-refractivity contribution in [2.24, 2.45) is 0 Å². The van der Waals surface area contributed by atoms with Crippen molar-refractivity contribution in [1.29, 1.82) is 5.26 Å². The normalized spacial score (nSPS) is 11.6. The molecule has 1 aromatic carbocycles. The van der Waals surface area contributed by atoms with E-state index < -0.39 is 0 Å². The number of benzene rings is 1. The molecule has 16 heavy (non-hydrogen) atoms. The van der Waals surface area contributed by atoms with Crippen molar-refractivity contribution in [3.8, 4) is 11.8 Å². The van der Waals surface area contributed by atoms with Gasteiger partial charge in [-0.3, -0.25) is 0 Å². The lowest BCUT2D eigenvalue weighted by atomic mass is 10.2. The zero-order valence-electron chi connectivity index (χ0n) is 9.56. The fraction of sp³-hybridized carbons (Fsp3) is 0.417. The summed E-state index contributed by atoms with van der Waals surface area (Å²) in [6.07, 6.45) is 2.89. The quantitative estimate of drug-likeness (QED) is 0.825. The third-order valence-electron chi connectivity index (χ3n) is 2.20.